The smallest absolute Gasteiger partial charge is 0.293 e. The fourth-order valence-electron chi connectivity index (χ4n) is 3.37. The molecule has 1 aliphatic heterocycles. The zero-order valence-corrected chi connectivity index (χ0v) is 18.3. The van der Waals surface area contributed by atoms with Crippen molar-refractivity contribution in [1.29, 1.82) is 0 Å². The number of benzene rings is 1. The number of halogens is 1. The van der Waals surface area contributed by atoms with Crippen LogP contribution in [0.3, 0.4) is 0 Å². The first-order chi connectivity index (χ1) is 13.9. The molecular formula is C22H18BrN3O2S. The van der Waals surface area contributed by atoms with Crippen molar-refractivity contribution in [2.45, 2.75) is 20.4 Å². The van der Waals surface area contributed by atoms with Gasteiger partial charge in [-0.15, -0.1) is 0 Å². The first-order valence-electron chi connectivity index (χ1n) is 9.03. The zero-order chi connectivity index (χ0) is 20.5. The molecule has 0 aliphatic carbocycles. The van der Waals surface area contributed by atoms with Crippen LogP contribution in [0.4, 0.5) is 4.79 Å². The summed E-state index contributed by atoms with van der Waals surface area (Å²) in [5.41, 5.74) is 4.82. The highest BCUT2D eigenvalue weighted by atomic mass is 79.9. The first-order valence-corrected chi connectivity index (χ1v) is 10.6. The van der Waals surface area contributed by atoms with Gasteiger partial charge >= 0.3 is 0 Å². The van der Waals surface area contributed by atoms with Gasteiger partial charge in [-0.05, 0) is 73.1 Å². The lowest BCUT2D eigenvalue weighted by molar-refractivity contribution is -0.123. The summed E-state index contributed by atoms with van der Waals surface area (Å²) in [6.45, 7) is 4.28. The van der Waals surface area contributed by atoms with E-state index < -0.39 is 0 Å². The van der Waals surface area contributed by atoms with E-state index in [4.69, 9.17) is 0 Å². The second-order valence-corrected chi connectivity index (χ2v) is 8.68. The molecule has 29 heavy (non-hydrogen) atoms. The Morgan fingerprint density at radius 1 is 1.14 bits per heavy atom. The molecule has 2 aromatic heterocycles. The van der Waals surface area contributed by atoms with E-state index in [2.05, 4.69) is 25.5 Å². The number of aromatic nitrogens is 2. The van der Waals surface area contributed by atoms with Gasteiger partial charge in [-0.1, -0.05) is 28.1 Å². The van der Waals surface area contributed by atoms with E-state index in [-0.39, 0.29) is 17.7 Å². The monoisotopic (exact) mass is 467 g/mol. The highest BCUT2D eigenvalue weighted by molar-refractivity contribution is 9.10. The van der Waals surface area contributed by atoms with Crippen LogP contribution in [-0.4, -0.2) is 25.6 Å². The quantitative estimate of drug-likeness (QED) is 0.476. The standard InChI is InChI=1S/C22H18BrN3O2S/c1-14-10-17(15(2)26(14)19-4-3-9-24-12-19)11-20-21(27)25(22(28)29-20)13-16-5-7-18(23)8-6-16/h3-12H,13H2,1-2H3/b20-11+. The molecule has 7 heteroatoms. The molecule has 1 fully saturated rings. The maximum atomic E-state index is 12.9. The molecule has 1 aromatic carbocycles. The Bertz CT molecular complexity index is 1120. The average Bonchev–Trinajstić information content (AvgIpc) is 3.14. The summed E-state index contributed by atoms with van der Waals surface area (Å²) >= 11 is 4.38. The molecule has 1 aliphatic rings. The molecular weight excluding hydrogens is 450 g/mol. The van der Waals surface area contributed by atoms with Crippen molar-refractivity contribution in [3.63, 3.8) is 0 Å². The van der Waals surface area contributed by atoms with Crippen molar-refractivity contribution >= 4 is 44.9 Å². The fraction of sp³-hybridized carbons (Fsp3) is 0.136. The van der Waals surface area contributed by atoms with Crippen LogP contribution in [0.25, 0.3) is 11.8 Å². The maximum absolute atomic E-state index is 12.9. The third kappa shape index (κ3) is 3.93. The Balaban J connectivity index is 1.62. The Hall–Kier alpha value is -2.64. The maximum Gasteiger partial charge on any atom is 0.293 e. The Morgan fingerprint density at radius 2 is 1.90 bits per heavy atom. The number of carbonyl (C=O) groups is 2. The number of rotatable bonds is 4. The van der Waals surface area contributed by atoms with Gasteiger partial charge in [0.25, 0.3) is 11.1 Å². The number of thioether (sulfide) groups is 1. The van der Waals surface area contributed by atoms with Gasteiger partial charge in [-0.25, -0.2) is 0 Å². The van der Waals surface area contributed by atoms with Crippen LogP contribution in [0.15, 0.2) is 64.2 Å². The van der Waals surface area contributed by atoms with Crippen LogP contribution >= 0.6 is 27.7 Å². The fourth-order valence-corrected chi connectivity index (χ4v) is 4.46. The molecule has 3 heterocycles. The lowest BCUT2D eigenvalue weighted by atomic mass is 10.2. The molecule has 4 rings (SSSR count). The van der Waals surface area contributed by atoms with E-state index in [0.717, 1.165) is 44.4 Å². The van der Waals surface area contributed by atoms with E-state index in [1.165, 1.54) is 4.90 Å². The number of hydrogen-bond donors (Lipinski definition) is 0. The van der Waals surface area contributed by atoms with Crippen LogP contribution in [-0.2, 0) is 11.3 Å². The summed E-state index contributed by atoms with van der Waals surface area (Å²) in [6, 6.07) is 13.5. The number of carbonyl (C=O) groups excluding carboxylic acids is 2. The van der Waals surface area contributed by atoms with Crippen molar-refractivity contribution in [2.75, 3.05) is 0 Å². The minimum Gasteiger partial charge on any atom is -0.316 e. The number of amides is 2. The van der Waals surface area contributed by atoms with E-state index in [1.807, 2.05) is 62.4 Å². The van der Waals surface area contributed by atoms with Crippen molar-refractivity contribution < 1.29 is 9.59 Å². The lowest BCUT2D eigenvalue weighted by Crippen LogP contribution is -2.27. The van der Waals surface area contributed by atoms with E-state index in [0.29, 0.717) is 4.91 Å². The van der Waals surface area contributed by atoms with Crippen molar-refractivity contribution in [1.82, 2.24) is 14.5 Å². The normalized spacial score (nSPS) is 15.6. The number of pyridine rings is 1. The average molecular weight is 468 g/mol. The van der Waals surface area contributed by atoms with Crippen LogP contribution in [0.5, 0.6) is 0 Å². The summed E-state index contributed by atoms with van der Waals surface area (Å²) < 4.78 is 3.05. The summed E-state index contributed by atoms with van der Waals surface area (Å²) in [7, 11) is 0. The molecule has 3 aromatic rings. The second kappa shape index (κ2) is 8.00. The van der Waals surface area contributed by atoms with E-state index in [9.17, 15) is 9.59 Å². The van der Waals surface area contributed by atoms with Gasteiger partial charge in [-0.2, -0.15) is 0 Å². The number of nitrogens with zero attached hydrogens (tertiary/aromatic N) is 3. The second-order valence-electron chi connectivity index (χ2n) is 6.77. The third-order valence-corrected chi connectivity index (χ3v) is 6.22. The molecule has 0 unspecified atom stereocenters. The summed E-state index contributed by atoms with van der Waals surface area (Å²) in [6.07, 6.45) is 5.34. The molecule has 146 valence electrons. The SMILES string of the molecule is Cc1cc(/C=C2/SC(=O)N(Cc3ccc(Br)cc3)C2=O)c(C)n1-c1cccnc1. The summed E-state index contributed by atoms with van der Waals surface area (Å²) in [5.74, 6) is -0.255. The Labute approximate surface area is 181 Å². The third-order valence-electron chi connectivity index (χ3n) is 4.79. The largest absolute Gasteiger partial charge is 0.316 e. The van der Waals surface area contributed by atoms with Gasteiger partial charge in [0.2, 0.25) is 0 Å². The van der Waals surface area contributed by atoms with Gasteiger partial charge in [0.05, 0.1) is 23.3 Å². The summed E-state index contributed by atoms with van der Waals surface area (Å²) in [4.78, 5) is 31.2. The molecule has 0 bridgehead atoms. The summed E-state index contributed by atoms with van der Waals surface area (Å²) in [5, 5.41) is -0.245. The van der Waals surface area contributed by atoms with Crippen molar-refractivity contribution in [3.8, 4) is 5.69 Å². The molecule has 2 amide bonds. The molecule has 0 radical (unpaired) electrons. The topological polar surface area (TPSA) is 55.2 Å². The lowest BCUT2D eigenvalue weighted by Gasteiger charge is -2.12. The van der Waals surface area contributed by atoms with Crippen molar-refractivity contribution in [3.05, 3.63) is 86.8 Å². The minimum absolute atomic E-state index is 0.245. The zero-order valence-electron chi connectivity index (χ0n) is 15.9. The van der Waals surface area contributed by atoms with Crippen molar-refractivity contribution in [2.24, 2.45) is 0 Å². The molecule has 0 spiro atoms. The van der Waals surface area contributed by atoms with Crippen LogP contribution in [0, 0.1) is 13.8 Å². The van der Waals surface area contributed by atoms with Gasteiger partial charge in [-0.3, -0.25) is 19.5 Å². The van der Waals surface area contributed by atoms with E-state index >= 15 is 0 Å². The first kappa shape index (κ1) is 19.7. The molecule has 0 atom stereocenters. The van der Waals surface area contributed by atoms with Crippen LogP contribution in [0.2, 0.25) is 0 Å². The molecule has 5 nitrogen and oxygen atoms in total. The number of imide groups is 1. The van der Waals surface area contributed by atoms with Gasteiger partial charge in [0, 0.05) is 22.1 Å². The Morgan fingerprint density at radius 3 is 2.59 bits per heavy atom. The Kier molecular flexibility index (Phi) is 5.43. The van der Waals surface area contributed by atoms with Gasteiger partial charge in [0.1, 0.15) is 0 Å². The van der Waals surface area contributed by atoms with Crippen LogP contribution in [0.1, 0.15) is 22.5 Å². The predicted octanol–water partition coefficient (Wildman–Crippen LogP) is 5.49. The van der Waals surface area contributed by atoms with Gasteiger partial charge < -0.3 is 4.57 Å². The molecule has 1 saturated heterocycles. The molecule has 0 saturated carbocycles. The highest BCUT2D eigenvalue weighted by Gasteiger charge is 2.35. The predicted molar refractivity (Wildman–Crippen MR) is 119 cm³/mol. The number of hydrogen-bond acceptors (Lipinski definition) is 4. The highest BCUT2D eigenvalue weighted by Crippen LogP contribution is 2.34. The van der Waals surface area contributed by atoms with Gasteiger partial charge in [0.15, 0.2) is 0 Å². The van der Waals surface area contributed by atoms with Crippen LogP contribution < -0.4 is 0 Å². The van der Waals surface area contributed by atoms with E-state index in [1.54, 1.807) is 12.4 Å². The molecule has 0 N–H and O–H groups in total. The minimum atomic E-state index is -0.255. The number of aryl methyl sites for hydroxylation is 1.